The third-order valence-electron chi connectivity index (χ3n) is 3.98. The van der Waals surface area contributed by atoms with Crippen molar-refractivity contribution >= 4 is 40.1 Å². The number of amides is 2. The highest BCUT2D eigenvalue weighted by atomic mass is 32.2. The third-order valence-corrected chi connectivity index (χ3v) is 6.11. The molecule has 154 valence electrons. The number of sulfone groups is 1. The zero-order chi connectivity index (χ0) is 20.7. The van der Waals surface area contributed by atoms with Crippen molar-refractivity contribution in [1.82, 2.24) is 14.9 Å². The monoisotopic (exact) mass is 429 g/mol. The first-order valence-electron chi connectivity index (χ1n) is 8.61. The number of rotatable bonds is 10. The van der Waals surface area contributed by atoms with Crippen LogP contribution in [0.1, 0.15) is 6.92 Å². The average Bonchev–Trinajstić information content (AvgIpc) is 2.60. The van der Waals surface area contributed by atoms with Crippen LogP contribution in [0, 0.1) is 5.92 Å². The minimum absolute atomic E-state index is 0.0441. The molecule has 28 heavy (non-hydrogen) atoms. The number of esters is 1. The Labute approximate surface area is 168 Å². The zero-order valence-corrected chi connectivity index (χ0v) is 17.2. The highest BCUT2D eigenvalue weighted by Gasteiger charge is 2.35. The van der Waals surface area contributed by atoms with Crippen LogP contribution in [0.15, 0.2) is 34.1 Å². The fraction of sp³-hybridized carbons (Fsp3) is 0.471. The van der Waals surface area contributed by atoms with Gasteiger partial charge in [-0.1, -0.05) is 6.07 Å². The molecule has 1 fully saturated rings. The molecule has 2 N–H and O–H groups in total. The Morgan fingerprint density at radius 2 is 2.11 bits per heavy atom. The summed E-state index contributed by atoms with van der Waals surface area (Å²) in [5, 5.41) is 4.97. The van der Waals surface area contributed by atoms with Crippen molar-refractivity contribution < 1.29 is 27.5 Å². The van der Waals surface area contributed by atoms with Crippen molar-refractivity contribution in [2.75, 3.05) is 32.5 Å². The Bertz CT molecular complexity index is 824. The molecule has 1 unspecified atom stereocenters. The van der Waals surface area contributed by atoms with Crippen LogP contribution < -0.4 is 10.6 Å². The highest BCUT2D eigenvalue weighted by Crippen LogP contribution is 2.31. The lowest BCUT2D eigenvalue weighted by atomic mass is 10.0. The first-order valence-corrected chi connectivity index (χ1v) is 11.3. The van der Waals surface area contributed by atoms with E-state index in [1.807, 2.05) is 4.31 Å². The fourth-order valence-electron chi connectivity index (χ4n) is 2.48. The van der Waals surface area contributed by atoms with Crippen LogP contribution in [0.25, 0.3) is 0 Å². The molecule has 0 aliphatic carbocycles. The van der Waals surface area contributed by atoms with Crippen molar-refractivity contribution in [1.29, 1.82) is 0 Å². The van der Waals surface area contributed by atoms with Crippen LogP contribution in [0.2, 0.25) is 0 Å². The van der Waals surface area contributed by atoms with Gasteiger partial charge >= 0.3 is 5.97 Å². The zero-order valence-electron chi connectivity index (χ0n) is 15.6. The molecule has 2 amide bonds. The molecule has 1 atom stereocenters. The third kappa shape index (κ3) is 6.21. The number of hydrogen-bond acceptors (Lipinski definition) is 8. The van der Waals surface area contributed by atoms with E-state index < -0.39 is 21.8 Å². The minimum atomic E-state index is -3.28. The lowest BCUT2D eigenvalue weighted by Crippen LogP contribution is -2.56. The van der Waals surface area contributed by atoms with Crippen molar-refractivity contribution in [3.05, 3.63) is 24.3 Å². The molecular weight excluding hydrogens is 406 g/mol. The first-order chi connectivity index (χ1) is 13.2. The van der Waals surface area contributed by atoms with Gasteiger partial charge in [0, 0.05) is 30.8 Å². The summed E-state index contributed by atoms with van der Waals surface area (Å²) in [7, 11) is -3.28. The summed E-state index contributed by atoms with van der Waals surface area (Å²) in [5.41, 5.74) is 0. The Morgan fingerprint density at radius 1 is 1.39 bits per heavy atom. The Kier molecular flexibility index (Phi) is 7.84. The maximum atomic E-state index is 12.3. The minimum Gasteiger partial charge on any atom is -0.464 e. The second kappa shape index (κ2) is 9.89. The molecule has 0 bridgehead atoms. The van der Waals surface area contributed by atoms with Gasteiger partial charge in [-0.2, -0.15) is 0 Å². The Hall–Kier alpha value is -2.11. The van der Waals surface area contributed by atoms with Crippen molar-refractivity contribution in [3.63, 3.8) is 0 Å². The summed E-state index contributed by atoms with van der Waals surface area (Å²) in [6, 6.07) is 5.66. The number of benzene rings is 1. The molecule has 1 aliphatic rings. The largest absolute Gasteiger partial charge is 0.464 e. The normalized spacial score (nSPS) is 15.9. The molecule has 1 aromatic carbocycles. The topological polar surface area (TPSA) is 122 Å². The maximum Gasteiger partial charge on any atom is 0.330 e. The number of carbonyl (C=O) groups is 3. The first kappa shape index (κ1) is 22.2. The number of ether oxygens (including phenoxy) is 1. The second-order valence-electron chi connectivity index (χ2n) is 6.22. The molecule has 0 saturated carbocycles. The van der Waals surface area contributed by atoms with Gasteiger partial charge in [0.1, 0.15) is 6.04 Å². The second-order valence-corrected chi connectivity index (χ2v) is 9.41. The number of carbonyl (C=O) groups excluding carboxylic acids is 3. The van der Waals surface area contributed by atoms with E-state index in [9.17, 15) is 22.8 Å². The molecule has 11 heteroatoms. The maximum absolute atomic E-state index is 12.3. The Morgan fingerprint density at radius 3 is 2.71 bits per heavy atom. The highest BCUT2D eigenvalue weighted by molar-refractivity contribution is 7.97. The van der Waals surface area contributed by atoms with Crippen LogP contribution in [0.3, 0.4) is 0 Å². The summed E-state index contributed by atoms with van der Waals surface area (Å²) < 4.78 is 30.1. The van der Waals surface area contributed by atoms with Crippen molar-refractivity contribution in [3.8, 4) is 0 Å². The molecule has 0 radical (unpaired) electrons. The fourth-order valence-corrected chi connectivity index (χ4v) is 4.35. The van der Waals surface area contributed by atoms with Crippen LogP contribution >= 0.6 is 11.9 Å². The van der Waals surface area contributed by atoms with Crippen LogP contribution in [-0.4, -0.2) is 69.5 Å². The van der Waals surface area contributed by atoms with E-state index in [1.54, 1.807) is 25.1 Å². The van der Waals surface area contributed by atoms with E-state index in [2.05, 4.69) is 10.6 Å². The van der Waals surface area contributed by atoms with Gasteiger partial charge in [-0.25, -0.2) is 17.5 Å². The van der Waals surface area contributed by atoms with E-state index in [4.69, 9.17) is 4.74 Å². The summed E-state index contributed by atoms with van der Waals surface area (Å²) in [6.45, 7) is 2.69. The number of hydrogen-bond donors (Lipinski definition) is 2. The van der Waals surface area contributed by atoms with Gasteiger partial charge in [-0.05, 0) is 37.1 Å². The quantitative estimate of drug-likeness (QED) is 0.299. The van der Waals surface area contributed by atoms with Crippen molar-refractivity contribution in [2.45, 2.75) is 22.8 Å². The summed E-state index contributed by atoms with van der Waals surface area (Å²) in [4.78, 5) is 35.7. The van der Waals surface area contributed by atoms with E-state index in [-0.39, 0.29) is 29.9 Å². The molecule has 2 rings (SSSR count). The molecule has 1 heterocycles. The number of nitrogens with zero attached hydrogens (tertiary/aromatic N) is 1. The summed E-state index contributed by atoms with van der Waals surface area (Å²) >= 11 is 1.37. The van der Waals surface area contributed by atoms with E-state index in [0.717, 1.165) is 11.2 Å². The van der Waals surface area contributed by atoms with Gasteiger partial charge in [0.25, 0.3) is 0 Å². The van der Waals surface area contributed by atoms with Crippen LogP contribution in [0.5, 0.6) is 0 Å². The molecule has 0 spiro atoms. The smallest absolute Gasteiger partial charge is 0.330 e. The Balaban J connectivity index is 1.87. The molecular formula is C17H23N3O6S2. The SMILES string of the molecule is CCOC(=O)C(CNC=O)NC(=O)C1CN(Sc2cccc(S(C)(=O)=O)c2)C1. The molecule has 9 nitrogen and oxygen atoms in total. The van der Waals surface area contributed by atoms with Crippen LogP contribution in [0.4, 0.5) is 0 Å². The van der Waals surface area contributed by atoms with Gasteiger partial charge in [-0.3, -0.25) is 9.59 Å². The average molecular weight is 430 g/mol. The van der Waals surface area contributed by atoms with Gasteiger partial charge in [0.15, 0.2) is 9.84 Å². The van der Waals surface area contributed by atoms with Gasteiger partial charge < -0.3 is 15.4 Å². The molecule has 1 aliphatic heterocycles. The summed E-state index contributed by atoms with van der Waals surface area (Å²) in [6.07, 6.45) is 1.60. The van der Waals surface area contributed by atoms with Gasteiger partial charge in [-0.15, -0.1) is 0 Å². The standard InChI is InChI=1S/C17H23N3O6S2/c1-3-26-17(23)15(8-18-11-21)19-16(22)12-9-20(10-12)27-13-5-4-6-14(7-13)28(2,24)25/h4-7,11-12,15H,3,8-10H2,1-2H3,(H,18,21)(H,19,22). The van der Waals surface area contributed by atoms with Crippen molar-refractivity contribution in [2.24, 2.45) is 5.92 Å². The molecule has 0 aromatic heterocycles. The summed E-state index contributed by atoms with van der Waals surface area (Å²) in [5.74, 6) is -1.21. The lowest BCUT2D eigenvalue weighted by Gasteiger charge is -2.37. The van der Waals surface area contributed by atoms with E-state index in [1.165, 1.54) is 18.0 Å². The van der Waals surface area contributed by atoms with E-state index in [0.29, 0.717) is 19.5 Å². The molecule has 1 saturated heterocycles. The van der Waals surface area contributed by atoms with E-state index >= 15 is 0 Å². The predicted octanol–water partition coefficient (Wildman–Crippen LogP) is -0.177. The van der Waals surface area contributed by atoms with Crippen LogP contribution in [-0.2, 0) is 29.0 Å². The van der Waals surface area contributed by atoms with Gasteiger partial charge in [0.05, 0.1) is 17.4 Å². The molecule has 1 aromatic rings. The van der Waals surface area contributed by atoms with Gasteiger partial charge in [0.2, 0.25) is 12.3 Å². The number of nitrogens with one attached hydrogen (secondary N) is 2. The predicted molar refractivity (Wildman–Crippen MR) is 103 cm³/mol. The lowest BCUT2D eigenvalue weighted by molar-refractivity contribution is -0.148.